The van der Waals surface area contributed by atoms with Gasteiger partial charge in [-0.15, -0.1) is 0 Å². The van der Waals surface area contributed by atoms with Crippen molar-refractivity contribution in [1.82, 2.24) is 0 Å². The third-order valence-corrected chi connectivity index (χ3v) is 2.64. The SMILES string of the molecule is O=Cc1cccc(-c2ccc(CO)cc2)c1O. The topological polar surface area (TPSA) is 57.5 Å². The van der Waals surface area contributed by atoms with E-state index in [0.717, 1.165) is 11.1 Å². The van der Waals surface area contributed by atoms with E-state index in [4.69, 9.17) is 5.11 Å². The van der Waals surface area contributed by atoms with Crippen LogP contribution in [0.4, 0.5) is 0 Å². The molecule has 0 fully saturated rings. The molecule has 2 aromatic rings. The number of hydrogen-bond donors (Lipinski definition) is 2. The van der Waals surface area contributed by atoms with Crippen LogP contribution in [-0.4, -0.2) is 16.5 Å². The molecule has 0 aliphatic carbocycles. The molecule has 0 aromatic heterocycles. The number of aldehydes is 1. The number of phenols is 1. The summed E-state index contributed by atoms with van der Waals surface area (Å²) in [6.07, 6.45) is 0.626. The van der Waals surface area contributed by atoms with Gasteiger partial charge < -0.3 is 10.2 Å². The molecule has 2 rings (SSSR count). The molecular weight excluding hydrogens is 216 g/mol. The van der Waals surface area contributed by atoms with Crippen LogP contribution in [-0.2, 0) is 6.61 Å². The highest BCUT2D eigenvalue weighted by atomic mass is 16.3. The number of aliphatic hydroxyl groups is 1. The van der Waals surface area contributed by atoms with Crippen LogP contribution in [0.15, 0.2) is 42.5 Å². The molecule has 0 unspecified atom stereocenters. The molecule has 0 radical (unpaired) electrons. The van der Waals surface area contributed by atoms with Crippen molar-refractivity contribution in [2.24, 2.45) is 0 Å². The fourth-order valence-corrected chi connectivity index (χ4v) is 1.68. The fourth-order valence-electron chi connectivity index (χ4n) is 1.68. The van der Waals surface area contributed by atoms with E-state index in [1.165, 1.54) is 0 Å². The molecule has 86 valence electrons. The lowest BCUT2D eigenvalue weighted by Gasteiger charge is -2.07. The van der Waals surface area contributed by atoms with Crippen molar-refractivity contribution in [3.8, 4) is 16.9 Å². The summed E-state index contributed by atoms with van der Waals surface area (Å²) in [7, 11) is 0. The predicted octanol–water partition coefficient (Wildman–Crippen LogP) is 2.36. The lowest BCUT2D eigenvalue weighted by atomic mass is 10.0. The van der Waals surface area contributed by atoms with Gasteiger partial charge in [0.2, 0.25) is 0 Å². The Bertz CT molecular complexity index is 530. The monoisotopic (exact) mass is 228 g/mol. The molecule has 3 heteroatoms. The van der Waals surface area contributed by atoms with Gasteiger partial charge in [-0.3, -0.25) is 4.79 Å². The van der Waals surface area contributed by atoms with E-state index < -0.39 is 0 Å². The van der Waals surface area contributed by atoms with Crippen LogP contribution in [0.5, 0.6) is 5.75 Å². The Morgan fingerprint density at radius 1 is 1.06 bits per heavy atom. The molecular formula is C14H12O3. The van der Waals surface area contributed by atoms with Gasteiger partial charge in [0.25, 0.3) is 0 Å². The van der Waals surface area contributed by atoms with E-state index in [2.05, 4.69) is 0 Å². The Kier molecular flexibility index (Phi) is 3.21. The maximum atomic E-state index is 10.7. The highest BCUT2D eigenvalue weighted by Crippen LogP contribution is 2.31. The molecule has 17 heavy (non-hydrogen) atoms. The van der Waals surface area contributed by atoms with Crippen LogP contribution in [0.2, 0.25) is 0 Å². The first-order chi connectivity index (χ1) is 8.26. The molecule has 2 aromatic carbocycles. The van der Waals surface area contributed by atoms with Crippen LogP contribution in [0.3, 0.4) is 0 Å². The van der Waals surface area contributed by atoms with E-state index in [9.17, 15) is 9.90 Å². The lowest BCUT2D eigenvalue weighted by molar-refractivity contribution is 0.112. The van der Waals surface area contributed by atoms with Gasteiger partial charge in [0, 0.05) is 5.56 Å². The second-order valence-electron chi connectivity index (χ2n) is 3.72. The molecule has 0 saturated carbocycles. The standard InChI is InChI=1S/C14H12O3/c15-8-10-4-6-11(7-5-10)13-3-1-2-12(9-16)14(13)17/h1-7,9,15,17H,8H2. The number of rotatable bonds is 3. The molecule has 0 saturated heterocycles. The molecule has 2 N–H and O–H groups in total. The zero-order valence-electron chi connectivity index (χ0n) is 9.13. The minimum absolute atomic E-state index is 0.0133. The highest BCUT2D eigenvalue weighted by molar-refractivity contribution is 5.85. The Morgan fingerprint density at radius 2 is 1.76 bits per heavy atom. The summed E-state index contributed by atoms with van der Waals surface area (Å²) in [4.78, 5) is 10.7. The van der Waals surface area contributed by atoms with Gasteiger partial charge in [-0.05, 0) is 17.2 Å². The van der Waals surface area contributed by atoms with E-state index in [1.54, 1.807) is 42.5 Å². The van der Waals surface area contributed by atoms with Gasteiger partial charge in [0.05, 0.1) is 12.2 Å². The van der Waals surface area contributed by atoms with Gasteiger partial charge >= 0.3 is 0 Å². The lowest BCUT2D eigenvalue weighted by Crippen LogP contribution is -1.87. The Hall–Kier alpha value is -2.13. The molecule has 0 spiro atoms. The summed E-state index contributed by atoms with van der Waals surface area (Å²) in [5, 5.41) is 18.8. The molecule has 3 nitrogen and oxygen atoms in total. The third kappa shape index (κ3) is 2.19. The van der Waals surface area contributed by atoms with Crippen molar-refractivity contribution in [2.75, 3.05) is 0 Å². The largest absolute Gasteiger partial charge is 0.507 e. The number of carbonyl (C=O) groups is 1. The van der Waals surface area contributed by atoms with Gasteiger partial charge in [-0.25, -0.2) is 0 Å². The molecule has 0 atom stereocenters. The number of aliphatic hydroxyl groups excluding tert-OH is 1. The first-order valence-corrected chi connectivity index (χ1v) is 5.23. The molecule has 0 heterocycles. The Morgan fingerprint density at radius 3 is 2.35 bits per heavy atom. The van der Waals surface area contributed by atoms with Crippen molar-refractivity contribution in [1.29, 1.82) is 0 Å². The quantitative estimate of drug-likeness (QED) is 0.793. The normalized spacial score (nSPS) is 10.2. The summed E-state index contributed by atoms with van der Waals surface area (Å²) >= 11 is 0. The first kappa shape index (κ1) is 11.4. The summed E-state index contributed by atoms with van der Waals surface area (Å²) in [5.74, 6) is -0.0146. The Balaban J connectivity index is 2.48. The number of carbonyl (C=O) groups excluding carboxylic acids is 1. The number of aromatic hydroxyl groups is 1. The van der Waals surface area contributed by atoms with Crippen LogP contribution in [0, 0.1) is 0 Å². The van der Waals surface area contributed by atoms with Crippen molar-refractivity contribution in [3.05, 3.63) is 53.6 Å². The maximum absolute atomic E-state index is 10.7. The van der Waals surface area contributed by atoms with Crippen LogP contribution in [0.1, 0.15) is 15.9 Å². The second-order valence-corrected chi connectivity index (χ2v) is 3.72. The van der Waals surface area contributed by atoms with Crippen LogP contribution < -0.4 is 0 Å². The molecule has 0 aliphatic rings. The van der Waals surface area contributed by atoms with Crippen molar-refractivity contribution < 1.29 is 15.0 Å². The van der Waals surface area contributed by atoms with Crippen molar-refractivity contribution in [3.63, 3.8) is 0 Å². The average Bonchev–Trinajstić information content (AvgIpc) is 2.39. The summed E-state index contributed by atoms with van der Waals surface area (Å²) in [6.45, 7) is -0.0133. The van der Waals surface area contributed by atoms with Crippen molar-refractivity contribution in [2.45, 2.75) is 6.61 Å². The van der Waals surface area contributed by atoms with E-state index in [1.807, 2.05) is 0 Å². The molecule has 0 bridgehead atoms. The van der Waals surface area contributed by atoms with Crippen LogP contribution in [0.25, 0.3) is 11.1 Å². The summed E-state index contributed by atoms with van der Waals surface area (Å²) < 4.78 is 0. The van der Waals surface area contributed by atoms with E-state index in [0.29, 0.717) is 11.8 Å². The number of hydrogen-bond acceptors (Lipinski definition) is 3. The first-order valence-electron chi connectivity index (χ1n) is 5.23. The summed E-state index contributed by atoms with van der Waals surface area (Å²) in [5.41, 5.74) is 2.50. The summed E-state index contributed by atoms with van der Waals surface area (Å²) in [6, 6.07) is 12.2. The number of phenolic OH excluding ortho intramolecular Hbond substituents is 1. The number of para-hydroxylation sites is 1. The van der Waals surface area contributed by atoms with Gasteiger partial charge in [-0.1, -0.05) is 36.4 Å². The van der Waals surface area contributed by atoms with Gasteiger partial charge in [0.1, 0.15) is 5.75 Å². The Labute approximate surface area is 99.0 Å². The van der Waals surface area contributed by atoms with E-state index in [-0.39, 0.29) is 17.9 Å². The smallest absolute Gasteiger partial charge is 0.153 e. The van der Waals surface area contributed by atoms with Gasteiger partial charge in [0.15, 0.2) is 6.29 Å². The maximum Gasteiger partial charge on any atom is 0.153 e. The minimum Gasteiger partial charge on any atom is -0.507 e. The van der Waals surface area contributed by atoms with E-state index >= 15 is 0 Å². The average molecular weight is 228 g/mol. The van der Waals surface area contributed by atoms with Crippen LogP contribution >= 0.6 is 0 Å². The zero-order valence-corrected chi connectivity index (χ0v) is 9.13. The third-order valence-electron chi connectivity index (χ3n) is 2.64. The fraction of sp³-hybridized carbons (Fsp3) is 0.0714. The second kappa shape index (κ2) is 4.80. The molecule has 0 amide bonds. The highest BCUT2D eigenvalue weighted by Gasteiger charge is 2.07. The van der Waals surface area contributed by atoms with Gasteiger partial charge in [-0.2, -0.15) is 0 Å². The predicted molar refractivity (Wildman–Crippen MR) is 64.9 cm³/mol. The zero-order chi connectivity index (χ0) is 12.3. The number of benzene rings is 2. The minimum atomic E-state index is -0.0146. The van der Waals surface area contributed by atoms with Crippen molar-refractivity contribution >= 4 is 6.29 Å². The molecule has 0 aliphatic heterocycles.